The molecule has 3 saturated carbocycles. The zero-order valence-corrected chi connectivity index (χ0v) is 31.1. The maximum absolute atomic E-state index is 13.4. The van der Waals surface area contributed by atoms with E-state index < -0.39 is 17.4 Å². The van der Waals surface area contributed by atoms with E-state index in [0.717, 1.165) is 44.3 Å². The van der Waals surface area contributed by atoms with Crippen LogP contribution in [-0.4, -0.2) is 62.7 Å². The summed E-state index contributed by atoms with van der Waals surface area (Å²) in [5.74, 6) is 1.47. The highest BCUT2D eigenvalue weighted by Gasteiger charge is 2.72. The number of nitrogens with zero attached hydrogens (tertiary/aromatic N) is 4. The molecule has 6 rings (SSSR count). The average Bonchev–Trinajstić information content (AvgIpc) is 3.41. The molecule has 2 bridgehead atoms. The van der Waals surface area contributed by atoms with Gasteiger partial charge in [-0.2, -0.15) is 0 Å². The van der Waals surface area contributed by atoms with Crippen LogP contribution in [0.1, 0.15) is 120 Å². The van der Waals surface area contributed by atoms with Crippen molar-refractivity contribution in [2.24, 2.45) is 68.3 Å². The van der Waals surface area contributed by atoms with E-state index in [2.05, 4.69) is 90.8 Å². The van der Waals surface area contributed by atoms with Crippen LogP contribution in [0.3, 0.4) is 0 Å². The molecule has 1 aromatic rings. The van der Waals surface area contributed by atoms with Crippen molar-refractivity contribution in [2.75, 3.05) is 19.8 Å². The fourth-order valence-corrected chi connectivity index (χ4v) is 12.1. The van der Waals surface area contributed by atoms with Crippen LogP contribution in [0, 0.1) is 69.5 Å². The molecule has 9 nitrogen and oxygen atoms in total. The molecule has 0 amide bonds. The minimum Gasteiger partial charge on any atom is -0.481 e. The maximum Gasteiger partial charge on any atom is 0.307 e. The molecule has 1 aromatic heterocycles. The molecule has 3 N–H and O–H groups in total. The number of allylic oxidation sites excluding steroid dienone is 1. The summed E-state index contributed by atoms with van der Waals surface area (Å²) in [7, 11) is 0. The van der Waals surface area contributed by atoms with Crippen molar-refractivity contribution in [1.29, 1.82) is 0 Å². The van der Waals surface area contributed by atoms with Crippen LogP contribution in [-0.2, 0) is 14.3 Å². The van der Waals surface area contributed by atoms with Gasteiger partial charge in [0.1, 0.15) is 5.82 Å². The first-order chi connectivity index (χ1) is 21.8. The molecule has 264 valence electrons. The maximum atomic E-state index is 13.4. The Kier molecular flexibility index (Phi) is 8.45. The first kappa shape index (κ1) is 35.0. The van der Waals surface area contributed by atoms with Crippen molar-refractivity contribution in [3.63, 3.8) is 0 Å². The normalized spacial score (nSPS) is 45.0. The van der Waals surface area contributed by atoms with Crippen LogP contribution in [0.4, 0.5) is 0 Å². The van der Waals surface area contributed by atoms with E-state index in [1.807, 2.05) is 11.6 Å². The molecule has 1 saturated heterocycles. The number of hydrogen-bond donors (Lipinski definition) is 2. The molecule has 9 heteroatoms. The number of hydrogen-bond acceptors (Lipinski definition) is 7. The quantitative estimate of drug-likeness (QED) is 0.291. The van der Waals surface area contributed by atoms with Gasteiger partial charge in [-0.25, -0.2) is 4.68 Å². The lowest BCUT2D eigenvalue weighted by Gasteiger charge is -2.71. The van der Waals surface area contributed by atoms with Gasteiger partial charge in [0.2, 0.25) is 0 Å². The first-order valence-electron chi connectivity index (χ1n) is 18.5. The van der Waals surface area contributed by atoms with Crippen molar-refractivity contribution in [3.8, 4) is 0 Å². The van der Waals surface area contributed by atoms with E-state index >= 15 is 0 Å². The Morgan fingerprint density at radius 2 is 1.83 bits per heavy atom. The minimum atomic E-state index is -0.620. The van der Waals surface area contributed by atoms with Gasteiger partial charge in [-0.1, -0.05) is 74.0 Å². The number of aromatic nitrogens is 4. The van der Waals surface area contributed by atoms with Crippen LogP contribution in [0.5, 0.6) is 0 Å². The van der Waals surface area contributed by atoms with Gasteiger partial charge < -0.3 is 20.3 Å². The first-order valence-corrected chi connectivity index (χ1v) is 18.5. The van der Waals surface area contributed by atoms with E-state index in [9.17, 15) is 9.90 Å². The lowest BCUT2D eigenvalue weighted by Crippen LogP contribution is -2.69. The third kappa shape index (κ3) is 4.78. The van der Waals surface area contributed by atoms with Gasteiger partial charge in [0.25, 0.3) is 0 Å². The third-order valence-electron chi connectivity index (χ3n) is 16.0. The van der Waals surface area contributed by atoms with E-state index in [0.29, 0.717) is 43.5 Å². The number of aryl methyl sites for hydroxylation is 1. The summed E-state index contributed by atoms with van der Waals surface area (Å²) < 4.78 is 15.7. The highest BCUT2D eigenvalue weighted by Crippen LogP contribution is 2.75. The van der Waals surface area contributed by atoms with Crippen molar-refractivity contribution < 1.29 is 19.4 Å². The second kappa shape index (κ2) is 11.3. The second-order valence-electron chi connectivity index (χ2n) is 18.7. The summed E-state index contributed by atoms with van der Waals surface area (Å²) in [6.07, 6.45) is 8.12. The Bertz CT molecular complexity index is 1410. The molecular weight excluding hydrogens is 590 g/mol. The number of ether oxygens (including phenoxy) is 2. The van der Waals surface area contributed by atoms with Gasteiger partial charge in [-0.3, -0.25) is 4.79 Å². The third-order valence-corrected chi connectivity index (χ3v) is 16.0. The number of nitrogens with two attached hydrogens (primary N) is 1. The Balaban J connectivity index is 1.45. The monoisotopic (exact) mass is 653 g/mol. The van der Waals surface area contributed by atoms with E-state index in [1.54, 1.807) is 0 Å². The molecule has 4 fully saturated rings. The highest BCUT2D eigenvalue weighted by atomic mass is 16.5. The van der Waals surface area contributed by atoms with Gasteiger partial charge in [0.05, 0.1) is 37.9 Å². The summed E-state index contributed by atoms with van der Waals surface area (Å²) in [6, 6.07) is -0.0628. The van der Waals surface area contributed by atoms with E-state index in [4.69, 9.17) is 15.2 Å². The molecule has 47 heavy (non-hydrogen) atoms. The number of aliphatic carboxylic acids is 1. The Morgan fingerprint density at radius 3 is 2.43 bits per heavy atom. The standard InChI is InChI=1S/C38H63N5O4/c1-22(2)24(5)33(7)16-17-35(9)26-12-13-29-34(8)19-46-21-38(29,27(26)14-15-36(35,10)30(33)32(44)45)18-28(43-25(6)40-41-42-43)31(34)47-20-37(11,39)23(3)4/h14,22-24,26,28-31H,12-13,15-21,39H2,1-11H3,(H,44,45)/t24-,26+,28-,29+,30-,31+,33-,34+,35-,36+,37+,38+/m1/s1. The predicted octanol–water partition coefficient (Wildman–Crippen LogP) is 6.87. The fraction of sp³-hybridized carbons (Fsp3) is 0.895. The number of carboxylic acids is 1. The zero-order chi connectivity index (χ0) is 34.5. The van der Waals surface area contributed by atoms with E-state index in [-0.39, 0.29) is 45.1 Å². The van der Waals surface area contributed by atoms with Crippen LogP contribution in [0.2, 0.25) is 0 Å². The van der Waals surface area contributed by atoms with Crippen LogP contribution < -0.4 is 5.73 Å². The molecule has 1 aliphatic heterocycles. The molecular formula is C38H63N5O4. The summed E-state index contributed by atoms with van der Waals surface area (Å²) in [4.78, 5) is 13.4. The largest absolute Gasteiger partial charge is 0.481 e. The average molecular weight is 654 g/mol. The molecule has 2 heterocycles. The van der Waals surface area contributed by atoms with E-state index in [1.165, 1.54) is 5.57 Å². The smallest absolute Gasteiger partial charge is 0.307 e. The fourth-order valence-electron chi connectivity index (χ4n) is 12.1. The summed E-state index contributed by atoms with van der Waals surface area (Å²) >= 11 is 0. The number of fused-ring (bicyclic) bond motifs is 3. The Morgan fingerprint density at radius 1 is 1.13 bits per heavy atom. The van der Waals surface area contributed by atoms with Gasteiger partial charge in [-0.05, 0) is 109 Å². The number of rotatable bonds is 8. The zero-order valence-electron chi connectivity index (χ0n) is 31.1. The number of carbonyl (C=O) groups is 1. The van der Waals surface area contributed by atoms with Crippen molar-refractivity contribution in [1.82, 2.24) is 20.2 Å². The van der Waals surface area contributed by atoms with Crippen LogP contribution in [0.25, 0.3) is 0 Å². The van der Waals surface area contributed by atoms with Crippen molar-refractivity contribution >= 4 is 5.97 Å². The molecule has 4 aliphatic carbocycles. The topological polar surface area (TPSA) is 125 Å². The van der Waals surface area contributed by atoms with Gasteiger partial charge in [-0.15, -0.1) is 5.10 Å². The highest BCUT2D eigenvalue weighted by molar-refractivity contribution is 5.73. The minimum absolute atomic E-state index is 0.0628. The number of tetrazole rings is 1. The SMILES string of the molecule is Cc1nnnn1[C@@H]1C[C@@]23COC[C@@](C)([C@@H]2CC[C@H]2C3=CC[C@@]3(C)[C@H](C(=O)O)[C@@](C)([C@H](C)C(C)C)CC[C@]23C)[C@H]1OC[C@](C)(N)C(C)C. The molecule has 0 unspecified atom stereocenters. The number of carboxylic acid groups (broad SMARTS) is 1. The van der Waals surface area contributed by atoms with Crippen molar-refractivity contribution in [2.45, 2.75) is 132 Å². The van der Waals surface area contributed by atoms with Gasteiger partial charge in [0, 0.05) is 16.4 Å². The predicted molar refractivity (Wildman–Crippen MR) is 182 cm³/mol. The van der Waals surface area contributed by atoms with Crippen LogP contribution in [0.15, 0.2) is 11.6 Å². The lowest BCUT2D eigenvalue weighted by molar-refractivity contribution is -0.253. The lowest BCUT2D eigenvalue weighted by atomic mass is 9.34. The van der Waals surface area contributed by atoms with Gasteiger partial charge >= 0.3 is 5.97 Å². The van der Waals surface area contributed by atoms with Gasteiger partial charge in [0.15, 0.2) is 0 Å². The molecule has 0 aromatic carbocycles. The molecule has 0 spiro atoms. The summed E-state index contributed by atoms with van der Waals surface area (Å²) in [6.45, 7) is 26.4. The molecule has 5 aliphatic rings. The Labute approximate surface area is 283 Å². The van der Waals surface area contributed by atoms with Crippen LogP contribution >= 0.6 is 0 Å². The Hall–Kier alpha value is -1.84. The summed E-state index contributed by atoms with van der Waals surface area (Å²) in [5, 5.41) is 24.0. The summed E-state index contributed by atoms with van der Waals surface area (Å²) in [5.41, 5.74) is 6.66. The van der Waals surface area contributed by atoms with Crippen molar-refractivity contribution in [3.05, 3.63) is 17.5 Å². The molecule has 0 radical (unpaired) electrons. The molecule has 12 atom stereocenters. The second-order valence-corrected chi connectivity index (χ2v) is 18.7.